The van der Waals surface area contributed by atoms with Gasteiger partial charge in [0.2, 0.25) is 28.6 Å². The van der Waals surface area contributed by atoms with Gasteiger partial charge < -0.3 is 19.7 Å². The second kappa shape index (κ2) is 11.9. The van der Waals surface area contributed by atoms with Crippen LogP contribution in [0.25, 0.3) is 0 Å². The summed E-state index contributed by atoms with van der Waals surface area (Å²) >= 11 is 0. The molecule has 1 N–H and O–H groups in total. The molecule has 0 radical (unpaired) electrons. The van der Waals surface area contributed by atoms with Gasteiger partial charge in [-0.25, -0.2) is 8.42 Å². The van der Waals surface area contributed by atoms with Crippen molar-refractivity contribution in [1.82, 2.24) is 10.2 Å². The fraction of sp³-hybridized carbons (Fsp3) is 0.440. The minimum atomic E-state index is -3.81. The summed E-state index contributed by atoms with van der Waals surface area (Å²) in [6, 6.07) is 13.3. The Hall–Kier alpha value is -3.27. The summed E-state index contributed by atoms with van der Waals surface area (Å²) in [6.07, 6.45) is 1.15. The lowest BCUT2D eigenvalue weighted by Crippen LogP contribution is -2.52. The first-order chi connectivity index (χ1) is 16.8. The third-order valence-electron chi connectivity index (χ3n) is 5.75. The first-order valence-electron chi connectivity index (χ1n) is 11.8. The van der Waals surface area contributed by atoms with Crippen molar-refractivity contribution in [1.29, 1.82) is 0 Å². The predicted octanol–water partition coefficient (Wildman–Crippen LogP) is 2.91. The van der Waals surface area contributed by atoms with E-state index >= 15 is 0 Å². The Morgan fingerprint density at radius 3 is 2.40 bits per heavy atom. The Morgan fingerprint density at radius 2 is 1.74 bits per heavy atom. The highest BCUT2D eigenvalue weighted by atomic mass is 32.2. The van der Waals surface area contributed by atoms with E-state index in [1.165, 1.54) is 11.8 Å². The zero-order valence-corrected chi connectivity index (χ0v) is 21.2. The fourth-order valence-corrected chi connectivity index (χ4v) is 4.88. The zero-order valence-electron chi connectivity index (χ0n) is 20.4. The molecule has 9 nitrogen and oxygen atoms in total. The number of anilines is 1. The largest absolute Gasteiger partial charge is 0.454 e. The molecule has 2 aromatic carbocycles. The van der Waals surface area contributed by atoms with Crippen LogP contribution in [-0.4, -0.2) is 56.8 Å². The molecule has 2 amide bonds. The van der Waals surface area contributed by atoms with E-state index in [0.29, 0.717) is 30.2 Å². The highest BCUT2D eigenvalue weighted by Crippen LogP contribution is 2.36. The first-order valence-corrected chi connectivity index (χ1v) is 13.4. The monoisotopic (exact) mass is 503 g/mol. The quantitative estimate of drug-likeness (QED) is 0.478. The molecule has 1 atom stereocenters. The van der Waals surface area contributed by atoms with Crippen LogP contribution in [0.15, 0.2) is 48.5 Å². The number of hydrogen-bond acceptors (Lipinski definition) is 6. The highest BCUT2D eigenvalue weighted by Gasteiger charge is 2.32. The Labute approximate surface area is 207 Å². The minimum absolute atomic E-state index is 0.0498. The summed E-state index contributed by atoms with van der Waals surface area (Å²) in [4.78, 5) is 28.1. The first kappa shape index (κ1) is 26.3. The molecule has 0 aliphatic carbocycles. The van der Waals surface area contributed by atoms with Crippen molar-refractivity contribution in [3.8, 4) is 11.5 Å². The van der Waals surface area contributed by atoms with Crippen LogP contribution in [0.5, 0.6) is 11.5 Å². The molecule has 1 aliphatic rings. The van der Waals surface area contributed by atoms with E-state index in [4.69, 9.17) is 9.47 Å². The van der Waals surface area contributed by atoms with Gasteiger partial charge in [0.15, 0.2) is 11.5 Å². The number of hydrogen-bond donors (Lipinski definition) is 1. The Balaban J connectivity index is 1.94. The van der Waals surface area contributed by atoms with Crippen LogP contribution in [0.2, 0.25) is 0 Å². The van der Waals surface area contributed by atoms with Crippen LogP contribution in [0.3, 0.4) is 0 Å². The number of sulfonamides is 1. The van der Waals surface area contributed by atoms with Gasteiger partial charge in [-0.3, -0.25) is 13.9 Å². The average Bonchev–Trinajstić information content (AvgIpc) is 3.34. The topological polar surface area (TPSA) is 105 Å². The molecule has 3 rings (SSSR count). The Bertz CT molecular complexity index is 1120. The van der Waals surface area contributed by atoms with Gasteiger partial charge in [-0.05, 0) is 37.5 Å². The van der Waals surface area contributed by atoms with E-state index in [9.17, 15) is 18.0 Å². The predicted molar refractivity (Wildman–Crippen MR) is 134 cm³/mol. The van der Waals surface area contributed by atoms with E-state index in [-0.39, 0.29) is 25.0 Å². The normalized spacial score (nSPS) is 13.2. The van der Waals surface area contributed by atoms with Crippen LogP contribution >= 0.6 is 0 Å². The number of benzene rings is 2. The van der Waals surface area contributed by atoms with Gasteiger partial charge in [-0.2, -0.15) is 0 Å². The summed E-state index contributed by atoms with van der Waals surface area (Å²) in [5, 5.41) is 2.86. The Kier molecular flexibility index (Phi) is 8.97. The minimum Gasteiger partial charge on any atom is -0.454 e. The molecule has 1 aliphatic heterocycles. The average molecular weight is 504 g/mol. The standard InChI is InChI=1S/C25H33N3O6S/c1-4-14-26-25(30)21(5-2)27(16-19-10-8-7-9-11-19)24(29)17-28(35(31,32)6-3)20-12-13-22-23(15-20)34-18-33-22/h7-13,15,21H,4-6,14,16-18H2,1-3H3,(H,26,30)/t21-/m0/s1. The number of rotatable bonds is 12. The molecule has 35 heavy (non-hydrogen) atoms. The number of ether oxygens (including phenoxy) is 2. The third-order valence-corrected chi connectivity index (χ3v) is 7.50. The molecule has 0 unspecified atom stereocenters. The van der Waals surface area contributed by atoms with Crippen molar-refractivity contribution in [3.05, 3.63) is 54.1 Å². The van der Waals surface area contributed by atoms with Gasteiger partial charge in [0.25, 0.3) is 0 Å². The molecule has 0 aromatic heterocycles. The number of carbonyl (C=O) groups is 2. The van der Waals surface area contributed by atoms with E-state index < -0.39 is 28.5 Å². The number of nitrogens with one attached hydrogen (secondary N) is 1. The van der Waals surface area contributed by atoms with Gasteiger partial charge in [0, 0.05) is 19.2 Å². The second-order valence-electron chi connectivity index (χ2n) is 8.17. The van der Waals surface area contributed by atoms with E-state index in [1.807, 2.05) is 44.2 Å². The van der Waals surface area contributed by atoms with E-state index in [2.05, 4.69) is 5.32 Å². The number of amides is 2. The van der Waals surface area contributed by atoms with Crippen LogP contribution in [0, 0.1) is 0 Å². The molecule has 0 fully saturated rings. The fourth-order valence-electron chi connectivity index (χ4n) is 3.83. The van der Waals surface area contributed by atoms with Gasteiger partial charge in [0.1, 0.15) is 12.6 Å². The van der Waals surface area contributed by atoms with E-state index in [0.717, 1.165) is 16.3 Å². The molecular weight excluding hydrogens is 470 g/mol. The van der Waals surface area contributed by atoms with Crippen LogP contribution in [-0.2, 0) is 26.2 Å². The smallest absolute Gasteiger partial charge is 0.244 e. The van der Waals surface area contributed by atoms with Crippen LogP contribution < -0.4 is 19.1 Å². The molecule has 190 valence electrons. The maximum Gasteiger partial charge on any atom is 0.244 e. The van der Waals surface area contributed by atoms with Crippen molar-refractivity contribution in [2.75, 3.05) is 29.9 Å². The van der Waals surface area contributed by atoms with E-state index in [1.54, 1.807) is 18.2 Å². The van der Waals surface area contributed by atoms with Crippen molar-refractivity contribution < 1.29 is 27.5 Å². The summed E-state index contributed by atoms with van der Waals surface area (Å²) in [5.74, 6) is 0.00593. The molecule has 0 saturated carbocycles. The SMILES string of the molecule is CCCNC(=O)[C@H](CC)N(Cc1ccccc1)C(=O)CN(c1ccc2c(c1)OCO2)S(=O)(=O)CC. The molecule has 10 heteroatoms. The summed E-state index contributed by atoms with van der Waals surface area (Å²) in [6.45, 7) is 5.59. The molecule has 1 heterocycles. The lowest BCUT2D eigenvalue weighted by molar-refractivity contribution is -0.140. The van der Waals surface area contributed by atoms with Crippen molar-refractivity contribution in [3.63, 3.8) is 0 Å². The summed E-state index contributed by atoms with van der Waals surface area (Å²) in [5.41, 5.74) is 1.14. The third kappa shape index (κ3) is 6.45. The van der Waals surface area contributed by atoms with Crippen molar-refractivity contribution >= 4 is 27.5 Å². The van der Waals surface area contributed by atoms with Gasteiger partial charge in [-0.1, -0.05) is 44.2 Å². The van der Waals surface area contributed by atoms with Gasteiger partial charge >= 0.3 is 0 Å². The maximum atomic E-state index is 13.7. The highest BCUT2D eigenvalue weighted by molar-refractivity contribution is 7.92. The lowest BCUT2D eigenvalue weighted by Gasteiger charge is -2.33. The number of fused-ring (bicyclic) bond motifs is 1. The summed E-state index contributed by atoms with van der Waals surface area (Å²) in [7, 11) is -3.81. The molecule has 0 saturated heterocycles. The molecular formula is C25H33N3O6S. The maximum absolute atomic E-state index is 13.7. The lowest BCUT2D eigenvalue weighted by atomic mass is 10.1. The van der Waals surface area contributed by atoms with Crippen molar-refractivity contribution in [2.24, 2.45) is 0 Å². The van der Waals surface area contributed by atoms with Crippen molar-refractivity contribution in [2.45, 2.75) is 46.2 Å². The van der Waals surface area contributed by atoms with Gasteiger partial charge in [0.05, 0.1) is 11.4 Å². The summed E-state index contributed by atoms with van der Waals surface area (Å²) < 4.78 is 37.9. The zero-order chi connectivity index (χ0) is 25.4. The number of carbonyl (C=O) groups excluding carboxylic acids is 2. The molecule has 2 aromatic rings. The number of nitrogens with zero attached hydrogens (tertiary/aromatic N) is 2. The molecule has 0 spiro atoms. The second-order valence-corrected chi connectivity index (χ2v) is 10.3. The van der Waals surface area contributed by atoms with Crippen LogP contribution in [0.4, 0.5) is 5.69 Å². The van der Waals surface area contributed by atoms with Gasteiger partial charge in [-0.15, -0.1) is 0 Å². The molecule has 0 bridgehead atoms. The van der Waals surface area contributed by atoms with Crippen LogP contribution in [0.1, 0.15) is 39.2 Å². The Morgan fingerprint density at radius 1 is 1.03 bits per heavy atom.